The summed E-state index contributed by atoms with van der Waals surface area (Å²) in [6, 6.07) is 15.5. The third-order valence-corrected chi connectivity index (χ3v) is 9.62. The number of nitrogens with two attached hydrogens (primary N) is 1. The molecule has 1 saturated carbocycles. The number of H-pyrrole nitrogens is 2. The lowest BCUT2D eigenvalue weighted by Gasteiger charge is -2.12. The minimum absolute atomic E-state index is 0.0306. The molecule has 45 heavy (non-hydrogen) atoms. The lowest BCUT2D eigenvalue weighted by atomic mass is 9.99. The summed E-state index contributed by atoms with van der Waals surface area (Å²) < 4.78 is 38.9. The Hall–Kier alpha value is -4.94. The number of fused-ring (bicyclic) bond motifs is 2. The lowest BCUT2D eigenvalue weighted by molar-refractivity contribution is -0.119. The Kier molecular flexibility index (Phi) is 7.17. The van der Waals surface area contributed by atoms with Crippen molar-refractivity contribution >= 4 is 43.4 Å². The first kappa shape index (κ1) is 28.8. The molecule has 10 nitrogen and oxygen atoms in total. The number of halogens is 1. The number of hydrogen-bond donors (Lipinski definition) is 4. The molecule has 2 aromatic carbocycles. The predicted molar refractivity (Wildman–Crippen MR) is 172 cm³/mol. The standard InChI is InChI=1S/C33H30FN7O3S/c1-45(43,44)31(35)20-9-19(10-23(34)11-20)25-7-4-8-28-26(25)14-29(39-28)30-27-13-22(16-37-32(27)41-40-30)21-12-24(17-36-15-21)38-33(42)18-5-2-3-6-18/h4,7-18,31,39H,2-3,5-6,35H2,1H3,(H,38,42)(H,37,40,41). The molecule has 7 rings (SSSR count). The van der Waals surface area contributed by atoms with Crippen LogP contribution in [0.15, 0.2) is 73.2 Å². The van der Waals surface area contributed by atoms with Gasteiger partial charge in [0.25, 0.3) is 0 Å². The Labute approximate surface area is 258 Å². The number of carbonyl (C=O) groups excluding carboxylic acids is 1. The number of pyridine rings is 2. The van der Waals surface area contributed by atoms with Gasteiger partial charge in [0.1, 0.15) is 11.2 Å². The summed E-state index contributed by atoms with van der Waals surface area (Å²) in [5.41, 5.74) is 12.3. The van der Waals surface area contributed by atoms with Crippen molar-refractivity contribution in [3.63, 3.8) is 0 Å². The fourth-order valence-corrected chi connectivity index (χ4v) is 6.71. The molecule has 1 fully saturated rings. The Morgan fingerprint density at radius 3 is 2.60 bits per heavy atom. The van der Waals surface area contributed by atoms with E-state index in [0.717, 1.165) is 71.1 Å². The number of amides is 1. The van der Waals surface area contributed by atoms with Crippen LogP contribution in [0, 0.1) is 11.7 Å². The number of hydrogen-bond acceptors (Lipinski definition) is 7. The van der Waals surface area contributed by atoms with E-state index in [1.165, 1.54) is 6.07 Å². The summed E-state index contributed by atoms with van der Waals surface area (Å²) in [6.07, 6.45) is 10.1. The minimum atomic E-state index is -3.63. The number of nitrogens with one attached hydrogen (secondary N) is 3. The smallest absolute Gasteiger partial charge is 0.227 e. The second-order valence-electron chi connectivity index (χ2n) is 11.6. The van der Waals surface area contributed by atoms with E-state index in [2.05, 4.69) is 30.5 Å². The zero-order valence-electron chi connectivity index (χ0n) is 24.3. The van der Waals surface area contributed by atoms with Crippen molar-refractivity contribution in [2.45, 2.75) is 31.1 Å². The maximum absolute atomic E-state index is 14.7. The van der Waals surface area contributed by atoms with Crippen LogP contribution >= 0.6 is 0 Å². The van der Waals surface area contributed by atoms with Crippen LogP contribution in [0.5, 0.6) is 0 Å². The highest BCUT2D eigenvalue weighted by molar-refractivity contribution is 7.90. The van der Waals surface area contributed by atoms with Crippen molar-refractivity contribution in [2.75, 3.05) is 11.6 Å². The number of aromatic amines is 2. The zero-order chi connectivity index (χ0) is 31.3. The largest absolute Gasteiger partial charge is 0.353 e. The minimum Gasteiger partial charge on any atom is -0.353 e. The molecule has 5 N–H and O–H groups in total. The molecule has 228 valence electrons. The van der Waals surface area contributed by atoms with Gasteiger partial charge >= 0.3 is 0 Å². The summed E-state index contributed by atoms with van der Waals surface area (Å²) in [7, 11) is -3.63. The van der Waals surface area contributed by atoms with Crippen molar-refractivity contribution in [1.29, 1.82) is 0 Å². The van der Waals surface area contributed by atoms with Gasteiger partial charge in [-0.1, -0.05) is 25.0 Å². The van der Waals surface area contributed by atoms with Crippen molar-refractivity contribution in [2.24, 2.45) is 11.7 Å². The third-order valence-electron chi connectivity index (χ3n) is 8.43. The van der Waals surface area contributed by atoms with E-state index >= 15 is 0 Å². The van der Waals surface area contributed by atoms with Crippen molar-refractivity contribution < 1.29 is 17.6 Å². The van der Waals surface area contributed by atoms with Gasteiger partial charge in [-0.2, -0.15) is 5.10 Å². The average molecular weight is 624 g/mol. The van der Waals surface area contributed by atoms with Crippen LogP contribution in [-0.4, -0.2) is 45.7 Å². The number of carbonyl (C=O) groups is 1. The molecule has 1 atom stereocenters. The summed E-state index contributed by atoms with van der Waals surface area (Å²) in [5, 5.41) is 10.7. The van der Waals surface area contributed by atoms with Crippen LogP contribution in [0.1, 0.15) is 36.6 Å². The first-order chi connectivity index (χ1) is 21.6. The SMILES string of the molecule is CS(=O)(=O)C(N)c1cc(F)cc(-c2cccc3[nH]c(-c4[nH]nc5ncc(-c6cncc(NC(=O)C7CCCC7)c6)cc45)cc23)c1. The highest BCUT2D eigenvalue weighted by Crippen LogP contribution is 2.36. The van der Waals surface area contributed by atoms with Crippen LogP contribution in [0.3, 0.4) is 0 Å². The molecule has 4 heterocycles. The molecule has 1 aliphatic carbocycles. The van der Waals surface area contributed by atoms with E-state index in [9.17, 15) is 17.6 Å². The highest BCUT2D eigenvalue weighted by atomic mass is 32.2. The molecule has 12 heteroatoms. The Morgan fingerprint density at radius 1 is 1.00 bits per heavy atom. The van der Waals surface area contributed by atoms with Gasteiger partial charge in [-0.05, 0) is 72.0 Å². The molecule has 0 aliphatic heterocycles. The maximum atomic E-state index is 14.7. The summed E-state index contributed by atoms with van der Waals surface area (Å²) in [5.74, 6) is -0.503. The van der Waals surface area contributed by atoms with Gasteiger partial charge in [0.05, 0.1) is 23.3 Å². The van der Waals surface area contributed by atoms with Crippen LogP contribution in [0.25, 0.3) is 55.6 Å². The zero-order valence-corrected chi connectivity index (χ0v) is 25.2. The fraction of sp³-hybridized carbons (Fsp3) is 0.212. The summed E-state index contributed by atoms with van der Waals surface area (Å²) >= 11 is 0. The van der Waals surface area contributed by atoms with Gasteiger partial charge < -0.3 is 16.0 Å². The quantitative estimate of drug-likeness (QED) is 0.167. The summed E-state index contributed by atoms with van der Waals surface area (Å²) in [6.45, 7) is 0. The molecule has 0 bridgehead atoms. The number of rotatable bonds is 7. The second-order valence-corrected chi connectivity index (χ2v) is 13.8. The van der Waals surface area contributed by atoms with E-state index in [-0.39, 0.29) is 17.4 Å². The van der Waals surface area contributed by atoms with E-state index in [0.29, 0.717) is 28.2 Å². The molecular weight excluding hydrogens is 593 g/mol. The van der Waals surface area contributed by atoms with E-state index in [1.807, 2.05) is 36.4 Å². The molecule has 0 radical (unpaired) electrons. The molecule has 1 unspecified atom stereocenters. The molecule has 0 spiro atoms. The first-order valence-corrected chi connectivity index (χ1v) is 16.6. The van der Waals surface area contributed by atoms with Crippen LogP contribution in [-0.2, 0) is 14.6 Å². The number of sulfone groups is 1. The lowest BCUT2D eigenvalue weighted by Crippen LogP contribution is -2.20. The third kappa shape index (κ3) is 5.58. The first-order valence-electron chi connectivity index (χ1n) is 14.6. The number of benzene rings is 2. The van der Waals surface area contributed by atoms with Crippen molar-refractivity contribution in [3.8, 4) is 33.6 Å². The van der Waals surface area contributed by atoms with Gasteiger partial charge in [0.15, 0.2) is 15.5 Å². The van der Waals surface area contributed by atoms with Crippen LogP contribution in [0.4, 0.5) is 10.1 Å². The summed E-state index contributed by atoms with van der Waals surface area (Å²) in [4.78, 5) is 25.0. The number of aromatic nitrogens is 5. The van der Waals surface area contributed by atoms with Gasteiger partial charge in [0.2, 0.25) is 5.91 Å². The van der Waals surface area contributed by atoms with Gasteiger partial charge in [-0.15, -0.1) is 0 Å². The number of anilines is 1. The molecule has 0 saturated heterocycles. The Balaban J connectivity index is 1.25. The molecule has 4 aromatic heterocycles. The monoisotopic (exact) mass is 623 g/mol. The van der Waals surface area contributed by atoms with E-state index in [4.69, 9.17) is 5.73 Å². The number of nitrogens with zero attached hydrogens (tertiary/aromatic N) is 3. The molecular formula is C33H30FN7O3S. The second kappa shape index (κ2) is 11.2. The fourth-order valence-electron chi connectivity index (χ4n) is 6.08. The van der Waals surface area contributed by atoms with Crippen LogP contribution < -0.4 is 11.1 Å². The molecule has 1 amide bonds. The van der Waals surface area contributed by atoms with E-state index in [1.54, 1.807) is 24.7 Å². The molecule has 6 aromatic rings. The average Bonchev–Trinajstić information content (AvgIpc) is 3.79. The normalized spacial score (nSPS) is 14.7. The topological polar surface area (TPSA) is 160 Å². The van der Waals surface area contributed by atoms with Gasteiger partial charge in [-0.3, -0.25) is 14.9 Å². The highest BCUT2D eigenvalue weighted by Gasteiger charge is 2.23. The Morgan fingerprint density at radius 2 is 1.80 bits per heavy atom. The van der Waals surface area contributed by atoms with Gasteiger partial charge in [0, 0.05) is 52.0 Å². The molecule has 1 aliphatic rings. The van der Waals surface area contributed by atoms with E-state index < -0.39 is 21.0 Å². The van der Waals surface area contributed by atoms with Crippen molar-refractivity contribution in [3.05, 3.63) is 84.6 Å². The Bertz CT molecular complexity index is 2200. The van der Waals surface area contributed by atoms with Crippen molar-refractivity contribution in [1.82, 2.24) is 25.1 Å². The maximum Gasteiger partial charge on any atom is 0.227 e. The van der Waals surface area contributed by atoms with Crippen LogP contribution in [0.2, 0.25) is 0 Å². The van der Waals surface area contributed by atoms with Gasteiger partial charge in [-0.25, -0.2) is 17.8 Å². The predicted octanol–water partition coefficient (Wildman–Crippen LogP) is 6.10.